The molecule has 1 rings (SSSR count). The van der Waals surface area contributed by atoms with Crippen LogP contribution in [0.2, 0.25) is 0 Å². The van der Waals surface area contributed by atoms with E-state index in [2.05, 4.69) is 10.0 Å². The van der Waals surface area contributed by atoms with Gasteiger partial charge in [0.25, 0.3) is 0 Å². The summed E-state index contributed by atoms with van der Waals surface area (Å²) < 4.78 is 69.1. The highest BCUT2D eigenvalue weighted by atomic mass is 32.2. The van der Waals surface area contributed by atoms with E-state index >= 15 is 0 Å². The van der Waals surface area contributed by atoms with Gasteiger partial charge in [-0.3, -0.25) is 0 Å². The lowest BCUT2D eigenvalue weighted by Gasteiger charge is -2.27. The van der Waals surface area contributed by atoms with Crippen molar-refractivity contribution < 1.29 is 31.1 Å². The van der Waals surface area contributed by atoms with Gasteiger partial charge in [0.05, 0.1) is 17.9 Å². The molecule has 0 spiro atoms. The van der Waals surface area contributed by atoms with E-state index in [4.69, 9.17) is 4.74 Å². The van der Waals surface area contributed by atoms with Crippen molar-refractivity contribution in [1.29, 1.82) is 0 Å². The van der Waals surface area contributed by atoms with E-state index in [-0.39, 0.29) is 12.1 Å². The summed E-state index contributed by atoms with van der Waals surface area (Å²) in [5.74, 6) is 0. The van der Waals surface area contributed by atoms with Crippen LogP contribution in [0.5, 0.6) is 0 Å². The van der Waals surface area contributed by atoms with Crippen LogP contribution in [0, 0.1) is 0 Å². The lowest BCUT2D eigenvalue weighted by molar-refractivity contribution is -0.137. The fraction of sp³-hybridized carbons (Fsp3) is 0.588. The third-order valence-corrected chi connectivity index (χ3v) is 4.37. The molecule has 0 aliphatic carbocycles. The number of sulfonamides is 1. The summed E-state index contributed by atoms with van der Waals surface area (Å²) in [5.41, 5.74) is -1.56. The Hall–Kier alpha value is -1.81. The number of ether oxygens (including phenoxy) is 1. The van der Waals surface area contributed by atoms with Crippen molar-refractivity contribution in [3.8, 4) is 0 Å². The zero-order chi connectivity index (χ0) is 20.9. The molecule has 1 aromatic carbocycles. The normalized spacial score (nSPS) is 13.9. The Morgan fingerprint density at radius 2 is 1.89 bits per heavy atom. The molecule has 0 aliphatic rings. The zero-order valence-corrected chi connectivity index (χ0v) is 16.5. The quantitative estimate of drug-likeness (QED) is 0.686. The van der Waals surface area contributed by atoms with Gasteiger partial charge in [-0.15, -0.1) is 0 Å². The minimum Gasteiger partial charge on any atom is -0.444 e. The molecule has 1 unspecified atom stereocenters. The van der Waals surface area contributed by atoms with Gasteiger partial charge in [-0.05, 0) is 38.0 Å². The number of alkyl carbamates (subject to hydrolysis) is 1. The maximum absolute atomic E-state index is 13.0. The predicted octanol–water partition coefficient (Wildman–Crippen LogP) is 3.60. The van der Waals surface area contributed by atoms with Crippen LogP contribution in [-0.2, 0) is 20.9 Å². The maximum Gasteiger partial charge on any atom is 0.416 e. The number of carbonyl (C=O) groups is 1. The van der Waals surface area contributed by atoms with E-state index in [1.54, 1.807) is 13.8 Å². The van der Waals surface area contributed by atoms with Crippen LogP contribution in [-0.4, -0.2) is 32.9 Å². The van der Waals surface area contributed by atoms with Crippen LogP contribution in [0.3, 0.4) is 0 Å². The number of halogens is 3. The predicted molar refractivity (Wildman–Crippen MR) is 95.6 cm³/mol. The summed E-state index contributed by atoms with van der Waals surface area (Å²) in [6.45, 7) is 5.03. The number of amides is 1. The topological polar surface area (TPSA) is 84.5 Å². The number of carbonyl (C=O) groups excluding carboxylic acids is 1. The second-order valence-corrected chi connectivity index (χ2v) is 8.67. The van der Waals surface area contributed by atoms with Gasteiger partial charge in [-0.2, -0.15) is 13.2 Å². The largest absolute Gasteiger partial charge is 0.444 e. The highest BCUT2D eigenvalue weighted by molar-refractivity contribution is 7.88. The molecule has 0 bridgehead atoms. The van der Waals surface area contributed by atoms with Crippen molar-refractivity contribution in [2.75, 3.05) is 12.8 Å². The Labute approximate surface area is 157 Å². The number of nitrogens with one attached hydrogen (secondary N) is 2. The molecule has 0 heterocycles. The fourth-order valence-corrected chi connectivity index (χ4v) is 2.96. The Kier molecular flexibility index (Phi) is 7.67. The van der Waals surface area contributed by atoms with E-state index in [1.165, 1.54) is 12.1 Å². The van der Waals surface area contributed by atoms with Gasteiger partial charge in [-0.25, -0.2) is 17.9 Å². The Morgan fingerprint density at radius 1 is 1.26 bits per heavy atom. The Bertz CT molecular complexity index is 749. The zero-order valence-electron chi connectivity index (χ0n) is 15.7. The molecule has 0 saturated carbocycles. The maximum atomic E-state index is 13.0. The molecule has 2 N–H and O–H groups in total. The van der Waals surface area contributed by atoms with Gasteiger partial charge in [0, 0.05) is 6.54 Å². The summed E-state index contributed by atoms with van der Waals surface area (Å²) in [5, 5.41) is 2.44. The Morgan fingerprint density at radius 3 is 2.41 bits per heavy atom. The van der Waals surface area contributed by atoms with Gasteiger partial charge in [0.1, 0.15) is 5.60 Å². The third-order valence-electron chi connectivity index (χ3n) is 3.68. The van der Waals surface area contributed by atoms with Gasteiger partial charge in [0.2, 0.25) is 10.0 Å². The fourth-order valence-electron chi connectivity index (χ4n) is 2.49. The first-order chi connectivity index (χ1) is 12.2. The van der Waals surface area contributed by atoms with Gasteiger partial charge >= 0.3 is 12.3 Å². The summed E-state index contributed by atoms with van der Waals surface area (Å²) in [4.78, 5) is 12.2. The molecular weight excluding hydrogens is 385 g/mol. The molecule has 1 amide bonds. The highest BCUT2D eigenvalue weighted by Gasteiger charge is 2.31. The van der Waals surface area contributed by atoms with Crippen LogP contribution in [0.25, 0.3) is 0 Å². The summed E-state index contributed by atoms with van der Waals surface area (Å²) in [7, 11) is -3.61. The van der Waals surface area contributed by atoms with Crippen LogP contribution in [0.4, 0.5) is 18.0 Å². The molecule has 1 atom stereocenters. The van der Waals surface area contributed by atoms with Crippen molar-refractivity contribution >= 4 is 16.1 Å². The average Bonchev–Trinajstić information content (AvgIpc) is 2.49. The molecule has 10 heteroatoms. The monoisotopic (exact) mass is 410 g/mol. The summed E-state index contributed by atoms with van der Waals surface area (Å²) >= 11 is 0. The molecule has 1 aromatic rings. The smallest absolute Gasteiger partial charge is 0.416 e. The Balaban J connectivity index is 3.05. The van der Waals surface area contributed by atoms with Gasteiger partial charge < -0.3 is 10.1 Å². The van der Waals surface area contributed by atoms with Crippen LogP contribution in [0.15, 0.2) is 24.3 Å². The molecule has 6 nitrogen and oxygen atoms in total. The molecule has 0 radical (unpaired) electrons. The van der Waals surface area contributed by atoms with E-state index in [1.807, 2.05) is 6.92 Å². The molecule has 0 saturated heterocycles. The minimum atomic E-state index is -4.56. The van der Waals surface area contributed by atoms with Crippen LogP contribution in [0.1, 0.15) is 50.8 Å². The molecular formula is C17H25F3N2O4S. The minimum absolute atomic E-state index is 0.103. The van der Waals surface area contributed by atoms with Crippen molar-refractivity contribution in [2.24, 2.45) is 0 Å². The molecule has 0 aliphatic heterocycles. The first-order valence-corrected chi connectivity index (χ1v) is 10.2. The summed E-state index contributed by atoms with van der Waals surface area (Å²) in [6.07, 6.45) is -3.12. The second-order valence-electron chi connectivity index (χ2n) is 6.84. The van der Waals surface area contributed by atoms with Crippen molar-refractivity contribution in [3.63, 3.8) is 0 Å². The molecule has 0 fully saturated rings. The van der Waals surface area contributed by atoms with E-state index < -0.39 is 39.5 Å². The van der Waals surface area contributed by atoms with Crippen LogP contribution < -0.4 is 10.0 Å². The van der Waals surface area contributed by atoms with Crippen molar-refractivity contribution in [3.05, 3.63) is 35.4 Å². The number of hydrogen-bond acceptors (Lipinski definition) is 4. The lowest BCUT2D eigenvalue weighted by Crippen LogP contribution is -2.41. The molecule has 154 valence electrons. The second kappa shape index (κ2) is 8.92. The third kappa shape index (κ3) is 8.61. The molecule has 27 heavy (non-hydrogen) atoms. The summed E-state index contributed by atoms with van der Waals surface area (Å²) in [6, 6.07) is 3.30. The number of rotatable bonds is 8. The van der Waals surface area contributed by atoms with E-state index in [0.29, 0.717) is 6.42 Å². The van der Waals surface area contributed by atoms with Gasteiger partial charge in [0.15, 0.2) is 0 Å². The van der Waals surface area contributed by atoms with Gasteiger partial charge in [-0.1, -0.05) is 25.5 Å². The number of alkyl halides is 3. The SMILES string of the molecule is CCCC(C)(C)OC(=O)NC(CNS(C)(=O)=O)c1cccc(C(F)(F)F)c1. The van der Waals surface area contributed by atoms with Crippen molar-refractivity contribution in [2.45, 2.75) is 51.4 Å². The van der Waals surface area contributed by atoms with Crippen molar-refractivity contribution in [1.82, 2.24) is 10.0 Å². The average molecular weight is 410 g/mol. The first-order valence-electron chi connectivity index (χ1n) is 8.35. The van der Waals surface area contributed by atoms with Crippen LogP contribution >= 0.6 is 0 Å². The first kappa shape index (κ1) is 23.2. The lowest BCUT2D eigenvalue weighted by atomic mass is 10.0. The standard InChI is InChI=1S/C17H25F3N2O4S/c1-5-9-16(2,3)26-15(23)22-14(11-21-27(4,24)25)12-7-6-8-13(10-12)17(18,19)20/h6-8,10,14,21H,5,9,11H2,1-4H3,(H,22,23). The highest BCUT2D eigenvalue weighted by Crippen LogP contribution is 2.31. The van der Waals surface area contributed by atoms with E-state index in [9.17, 15) is 26.4 Å². The number of benzene rings is 1. The van der Waals surface area contributed by atoms with E-state index in [0.717, 1.165) is 24.8 Å². The molecule has 0 aromatic heterocycles. The number of hydrogen-bond donors (Lipinski definition) is 2.